The van der Waals surface area contributed by atoms with Crippen LogP contribution in [0.1, 0.15) is 109 Å². The first kappa shape index (κ1) is 45.1. The molecule has 0 heterocycles. The molecule has 0 fully saturated rings. The number of halogens is 1. The second-order valence-electron chi connectivity index (χ2n) is 10.9. The normalized spacial score (nSPS) is 14.0. The summed E-state index contributed by atoms with van der Waals surface area (Å²) in [4.78, 5) is 23.5. The quantitative estimate of drug-likeness (QED) is 0.0661. The zero-order chi connectivity index (χ0) is 31.8. The lowest BCUT2D eigenvalue weighted by Gasteiger charge is -2.34. The molecule has 0 saturated carbocycles. The Bertz CT molecular complexity index is 606. The molecule has 0 saturated heterocycles. The third-order valence-electron chi connectivity index (χ3n) is 6.35. The molecule has 2 amide bonds. The minimum atomic E-state index is -1.02. The predicted molar refractivity (Wildman–Crippen MR) is 172 cm³/mol. The maximum atomic E-state index is 10.8. The first-order valence-electron chi connectivity index (χ1n) is 14.2. The fourth-order valence-electron chi connectivity index (χ4n) is 2.86. The molecule has 0 aliphatic carbocycles. The van der Waals surface area contributed by atoms with E-state index < -0.39 is 17.8 Å². The number of hydrogen-bond donors (Lipinski definition) is 4. The fraction of sp³-hybridized carbons (Fsp3) is 0.931. The number of carboxylic acid groups (broad SMARTS) is 2. The van der Waals surface area contributed by atoms with Crippen molar-refractivity contribution >= 4 is 34.8 Å². The second-order valence-corrected chi connectivity index (χ2v) is 10.9. The van der Waals surface area contributed by atoms with Crippen molar-refractivity contribution in [2.45, 2.75) is 120 Å². The molecule has 10 heteroatoms. The number of ether oxygens (including phenoxy) is 3. The van der Waals surface area contributed by atoms with Crippen LogP contribution in [0.5, 0.6) is 0 Å². The largest absolute Gasteiger partial charge is 0.465 e. The highest BCUT2D eigenvalue weighted by Crippen LogP contribution is 2.26. The van der Waals surface area contributed by atoms with E-state index >= 15 is 0 Å². The third kappa shape index (κ3) is 27.1. The Morgan fingerprint density at radius 2 is 1.03 bits per heavy atom. The van der Waals surface area contributed by atoms with Gasteiger partial charge in [0.1, 0.15) is 0 Å². The molecule has 0 aromatic carbocycles. The Hall–Kier alpha value is -0.850. The molecule has 0 aromatic rings. The minimum Gasteiger partial charge on any atom is -0.465 e. The van der Waals surface area contributed by atoms with E-state index in [1.54, 1.807) is 0 Å². The molecule has 4 N–H and O–H groups in total. The van der Waals surface area contributed by atoms with Crippen LogP contribution >= 0.6 is 22.6 Å². The van der Waals surface area contributed by atoms with Crippen molar-refractivity contribution in [3.8, 4) is 0 Å². The van der Waals surface area contributed by atoms with Crippen LogP contribution < -0.4 is 10.6 Å². The van der Waals surface area contributed by atoms with Crippen LogP contribution in [0, 0.1) is 10.8 Å². The van der Waals surface area contributed by atoms with E-state index in [9.17, 15) is 9.59 Å². The average molecular weight is 679 g/mol. The molecular formula is C29H63IN2O7. The van der Waals surface area contributed by atoms with Crippen LogP contribution in [0.2, 0.25) is 0 Å². The van der Waals surface area contributed by atoms with Gasteiger partial charge in [-0.25, -0.2) is 9.59 Å². The van der Waals surface area contributed by atoms with Gasteiger partial charge in [-0.05, 0) is 58.3 Å². The Labute approximate surface area is 254 Å². The molecular weight excluding hydrogens is 615 g/mol. The van der Waals surface area contributed by atoms with E-state index in [-0.39, 0.29) is 16.4 Å². The average Bonchev–Trinajstić information content (AvgIpc) is 2.91. The molecule has 0 aromatic heterocycles. The molecule has 0 radical (unpaired) electrons. The Balaban J connectivity index is -0.000000948. The summed E-state index contributed by atoms with van der Waals surface area (Å²) >= 11 is 2.15. The number of amides is 2. The van der Waals surface area contributed by atoms with Gasteiger partial charge < -0.3 is 35.1 Å². The second kappa shape index (κ2) is 24.9. The molecule has 2 unspecified atom stereocenters. The third-order valence-corrected chi connectivity index (χ3v) is 6.35. The topological polar surface area (TPSA) is 126 Å². The molecule has 0 rings (SSSR count). The predicted octanol–water partition coefficient (Wildman–Crippen LogP) is 7.85. The van der Waals surface area contributed by atoms with Crippen molar-refractivity contribution in [2.75, 3.05) is 44.4 Å². The number of nitrogens with one attached hydrogen (secondary N) is 2. The van der Waals surface area contributed by atoms with Crippen LogP contribution in [-0.4, -0.2) is 78.0 Å². The number of alkyl halides is 1. The van der Waals surface area contributed by atoms with E-state index in [1.807, 2.05) is 88.0 Å². The van der Waals surface area contributed by atoms with Gasteiger partial charge in [-0.15, -0.1) is 0 Å². The van der Waals surface area contributed by atoms with Crippen LogP contribution in [0.25, 0.3) is 0 Å². The number of hydrogen-bond acceptors (Lipinski definition) is 5. The van der Waals surface area contributed by atoms with Gasteiger partial charge in [0, 0.05) is 30.5 Å². The lowest BCUT2D eigenvalue weighted by atomic mass is 9.88. The molecule has 0 spiro atoms. The van der Waals surface area contributed by atoms with Gasteiger partial charge in [0.05, 0.1) is 31.0 Å². The Morgan fingerprint density at radius 1 is 0.667 bits per heavy atom. The summed E-state index contributed by atoms with van der Waals surface area (Å²) < 4.78 is 18.1. The number of rotatable bonds is 18. The fourth-order valence-corrected chi connectivity index (χ4v) is 2.86. The van der Waals surface area contributed by atoms with Gasteiger partial charge in [-0.2, -0.15) is 0 Å². The van der Waals surface area contributed by atoms with Gasteiger partial charge in [0.15, 0.2) is 0 Å². The highest BCUT2D eigenvalue weighted by molar-refractivity contribution is 14.1. The van der Waals surface area contributed by atoms with E-state index in [4.69, 9.17) is 24.4 Å². The maximum absolute atomic E-state index is 10.8. The van der Waals surface area contributed by atoms with Crippen LogP contribution in [-0.2, 0) is 14.2 Å². The minimum absolute atomic E-state index is 0.238. The van der Waals surface area contributed by atoms with Gasteiger partial charge in [0.2, 0.25) is 0 Å². The Kier molecular flexibility index (Phi) is 28.8. The Morgan fingerprint density at radius 3 is 1.41 bits per heavy atom. The van der Waals surface area contributed by atoms with Gasteiger partial charge in [-0.1, -0.05) is 78.0 Å². The zero-order valence-electron chi connectivity index (χ0n) is 27.4. The lowest BCUT2D eigenvalue weighted by molar-refractivity contribution is -0.0979. The van der Waals surface area contributed by atoms with Gasteiger partial charge in [0.25, 0.3) is 0 Å². The first-order valence-corrected chi connectivity index (χ1v) is 16.4. The van der Waals surface area contributed by atoms with Crippen LogP contribution in [0.3, 0.4) is 0 Å². The van der Waals surface area contributed by atoms with E-state index in [0.717, 1.165) is 19.3 Å². The van der Waals surface area contributed by atoms with E-state index in [2.05, 4.69) is 33.2 Å². The van der Waals surface area contributed by atoms with Crippen LogP contribution in [0.4, 0.5) is 9.59 Å². The van der Waals surface area contributed by atoms with Crippen LogP contribution in [0.15, 0.2) is 0 Å². The van der Waals surface area contributed by atoms with Crippen molar-refractivity contribution in [1.82, 2.24) is 10.6 Å². The monoisotopic (exact) mass is 678 g/mol. The molecule has 0 aliphatic heterocycles. The van der Waals surface area contributed by atoms with Crippen molar-refractivity contribution < 1.29 is 34.0 Å². The van der Waals surface area contributed by atoms with E-state index in [0.29, 0.717) is 45.9 Å². The molecule has 0 bridgehead atoms. The molecule has 0 aliphatic rings. The van der Waals surface area contributed by atoms with Crippen molar-refractivity contribution in [3.05, 3.63) is 0 Å². The summed E-state index contributed by atoms with van der Waals surface area (Å²) in [7, 11) is 0. The zero-order valence-corrected chi connectivity index (χ0v) is 29.5. The van der Waals surface area contributed by atoms with Crippen molar-refractivity contribution in [2.24, 2.45) is 10.8 Å². The van der Waals surface area contributed by atoms with Crippen molar-refractivity contribution in [3.63, 3.8) is 0 Å². The number of carbonyl (C=O) groups is 2. The summed E-state index contributed by atoms with van der Waals surface area (Å²) in [6, 6.07) is 0. The van der Waals surface area contributed by atoms with Gasteiger partial charge in [-0.3, -0.25) is 0 Å². The standard InChI is InChI=1S/C24H48N2O7.2C2H6.CH3I/c1-9-23(7,15-25-19(27)28)17-31-13-11-21(3,4)32-14-12-22(5,6)33-18-24(8,10-2)16-26-20(29)30;3*1-2/h25-26H,9-18H2,1-8H3,(H,27,28)(H,29,30);2*1-2H3;1H3. The molecule has 39 heavy (non-hydrogen) atoms. The first-order chi connectivity index (χ1) is 18.1. The summed E-state index contributed by atoms with van der Waals surface area (Å²) in [6.07, 6.45) is 0.993. The summed E-state index contributed by atoms with van der Waals surface area (Å²) in [5.41, 5.74) is -1.26. The maximum Gasteiger partial charge on any atom is 0.404 e. The summed E-state index contributed by atoms with van der Waals surface area (Å²) in [5.74, 6) is 0. The highest BCUT2D eigenvalue weighted by Gasteiger charge is 2.29. The summed E-state index contributed by atoms with van der Waals surface area (Å²) in [5, 5.41) is 22.6. The van der Waals surface area contributed by atoms with Crippen molar-refractivity contribution in [1.29, 1.82) is 0 Å². The SMILES string of the molecule is CC.CC.CCC(C)(CNC(=O)O)COCCC(C)(C)OCCC(C)(C)OCC(C)(CC)CNC(=O)O.CI. The summed E-state index contributed by atoms with van der Waals surface area (Å²) in [6.45, 7) is 26.9. The molecule has 2 atom stereocenters. The highest BCUT2D eigenvalue weighted by atomic mass is 127. The van der Waals surface area contributed by atoms with Gasteiger partial charge >= 0.3 is 12.2 Å². The molecule has 238 valence electrons. The smallest absolute Gasteiger partial charge is 0.404 e. The molecule has 9 nitrogen and oxygen atoms in total. The lowest BCUT2D eigenvalue weighted by Crippen LogP contribution is -2.41. The van der Waals surface area contributed by atoms with E-state index in [1.165, 1.54) is 0 Å².